The fraction of sp³-hybridized carbons (Fsp3) is 0.500. The van der Waals surface area contributed by atoms with Crippen LogP contribution in [-0.2, 0) is 23.4 Å². The second-order valence-electron chi connectivity index (χ2n) is 8.51. The van der Waals surface area contributed by atoms with Crippen molar-refractivity contribution in [1.29, 1.82) is 0 Å². The van der Waals surface area contributed by atoms with Crippen LogP contribution in [0.2, 0.25) is 0 Å². The zero-order valence-electron chi connectivity index (χ0n) is 20.1. The van der Waals surface area contributed by atoms with Gasteiger partial charge in [-0.3, -0.25) is 23.7 Å². The van der Waals surface area contributed by atoms with Crippen LogP contribution in [0, 0.1) is 6.92 Å². The lowest BCUT2D eigenvalue weighted by Gasteiger charge is -2.25. The van der Waals surface area contributed by atoms with Gasteiger partial charge in [0.05, 0.1) is 12.7 Å². The molecule has 0 saturated carbocycles. The molecule has 3 N–H and O–H groups in total. The van der Waals surface area contributed by atoms with Crippen molar-refractivity contribution < 1.29 is 37.4 Å². The van der Waals surface area contributed by atoms with E-state index in [1.165, 1.54) is 26.0 Å². The number of H-pyrrole nitrogens is 1. The maximum absolute atomic E-state index is 14.9. The average Bonchev–Trinajstić information content (AvgIpc) is 3.08. The lowest BCUT2D eigenvalue weighted by Crippen LogP contribution is -2.37. The van der Waals surface area contributed by atoms with Crippen molar-refractivity contribution in [3.05, 3.63) is 62.9 Å². The zero-order chi connectivity index (χ0) is 26.6. The number of hydrogen-bond acceptors (Lipinski definition) is 9. The Morgan fingerprint density at radius 3 is 2.58 bits per heavy atom. The van der Waals surface area contributed by atoms with Crippen molar-refractivity contribution >= 4 is 13.7 Å². The molecule has 1 fully saturated rings. The van der Waals surface area contributed by atoms with Gasteiger partial charge in [0.2, 0.25) is 0 Å². The number of aliphatic hydroxyl groups excluding tert-OH is 1. The van der Waals surface area contributed by atoms with Crippen LogP contribution in [0.5, 0.6) is 5.75 Å². The summed E-state index contributed by atoms with van der Waals surface area (Å²) in [6.07, 6.45) is -6.07. The van der Waals surface area contributed by atoms with E-state index in [0.29, 0.717) is 0 Å². The Morgan fingerprint density at radius 1 is 1.28 bits per heavy atom. The van der Waals surface area contributed by atoms with E-state index in [1.807, 2.05) is 4.98 Å². The highest BCUT2D eigenvalue weighted by molar-refractivity contribution is 7.52. The van der Waals surface area contributed by atoms with E-state index < -0.39 is 68.3 Å². The number of carbonyl (C=O) groups excluding carboxylic acids is 1. The molecular weight excluding hydrogens is 500 g/mol. The molecule has 6 atom stereocenters. The van der Waals surface area contributed by atoms with Gasteiger partial charge in [0.25, 0.3) is 5.56 Å². The van der Waals surface area contributed by atoms with Crippen molar-refractivity contribution in [2.45, 2.75) is 64.4 Å². The summed E-state index contributed by atoms with van der Waals surface area (Å²) >= 11 is 0. The van der Waals surface area contributed by atoms with Gasteiger partial charge in [-0.25, -0.2) is 13.8 Å². The summed E-state index contributed by atoms with van der Waals surface area (Å²) in [7, 11) is -4.29. The number of benzene rings is 1. The molecule has 1 aliphatic rings. The molecule has 1 saturated heterocycles. The SMILES string of the molecule is Cc1cn([C@H]2O[C@@H](CO[P@](=O)(N[C@@H](C)C(=O)OC(C)C)Oc3ccccc3)[C@H](O)[C@H]2F)c(=O)[nH]c1=O. The van der Waals surface area contributed by atoms with Gasteiger partial charge in [-0.05, 0) is 39.8 Å². The molecule has 2 aromatic rings. The topological polar surface area (TPSA) is 158 Å². The Labute approximate surface area is 205 Å². The highest BCUT2D eigenvalue weighted by Crippen LogP contribution is 2.46. The van der Waals surface area contributed by atoms with Gasteiger partial charge in [-0.15, -0.1) is 0 Å². The Bertz CT molecular complexity index is 1220. The summed E-state index contributed by atoms with van der Waals surface area (Å²) in [5.74, 6) is -0.554. The molecule has 1 aromatic heterocycles. The van der Waals surface area contributed by atoms with Gasteiger partial charge in [0.1, 0.15) is 24.0 Å². The Kier molecular flexibility index (Phi) is 8.85. The molecule has 0 spiro atoms. The highest BCUT2D eigenvalue weighted by atomic mass is 31.2. The van der Waals surface area contributed by atoms with Crippen LogP contribution in [0.4, 0.5) is 4.39 Å². The fourth-order valence-electron chi connectivity index (χ4n) is 3.35. The van der Waals surface area contributed by atoms with Crippen LogP contribution in [0.15, 0.2) is 46.1 Å². The van der Waals surface area contributed by atoms with Crippen molar-refractivity contribution in [3.8, 4) is 5.75 Å². The summed E-state index contributed by atoms with van der Waals surface area (Å²) in [6.45, 7) is 5.49. The largest absolute Gasteiger partial charge is 0.462 e. The monoisotopic (exact) mass is 529 g/mol. The summed E-state index contributed by atoms with van der Waals surface area (Å²) in [5, 5.41) is 12.8. The summed E-state index contributed by atoms with van der Waals surface area (Å²) in [4.78, 5) is 38.0. The van der Waals surface area contributed by atoms with E-state index in [9.17, 15) is 28.4 Å². The number of rotatable bonds is 10. The summed E-state index contributed by atoms with van der Waals surface area (Å²) in [6, 6.07) is 6.87. The third-order valence-electron chi connectivity index (χ3n) is 5.15. The lowest BCUT2D eigenvalue weighted by molar-refractivity contribution is -0.149. The van der Waals surface area contributed by atoms with Gasteiger partial charge in [0, 0.05) is 11.8 Å². The first-order chi connectivity index (χ1) is 16.9. The number of hydrogen-bond donors (Lipinski definition) is 3. The number of ether oxygens (including phenoxy) is 2. The van der Waals surface area contributed by atoms with Crippen LogP contribution in [-0.4, -0.2) is 57.8 Å². The first kappa shape index (κ1) is 27.8. The minimum atomic E-state index is -4.29. The number of para-hydroxylation sites is 1. The van der Waals surface area contributed by atoms with Gasteiger partial charge in [-0.1, -0.05) is 18.2 Å². The Morgan fingerprint density at radius 2 is 1.94 bits per heavy atom. The quantitative estimate of drug-likeness (QED) is 0.305. The number of alkyl halides is 1. The van der Waals surface area contributed by atoms with E-state index >= 15 is 0 Å². The van der Waals surface area contributed by atoms with Gasteiger partial charge in [0.15, 0.2) is 12.4 Å². The van der Waals surface area contributed by atoms with Crippen LogP contribution < -0.4 is 20.9 Å². The average molecular weight is 529 g/mol. The normalized spacial score (nSPS) is 24.3. The number of aliphatic hydroxyl groups is 1. The molecule has 0 aliphatic carbocycles. The van der Waals surface area contributed by atoms with Crippen molar-refractivity contribution in [2.24, 2.45) is 0 Å². The number of aromatic nitrogens is 2. The maximum atomic E-state index is 14.9. The molecule has 0 unspecified atom stereocenters. The van der Waals surface area contributed by atoms with Crippen molar-refractivity contribution in [3.63, 3.8) is 0 Å². The number of aromatic amines is 1. The third-order valence-corrected chi connectivity index (χ3v) is 6.79. The van der Waals surface area contributed by atoms with E-state index in [1.54, 1.807) is 32.0 Å². The summed E-state index contributed by atoms with van der Waals surface area (Å²) < 4.78 is 50.7. The molecule has 2 heterocycles. The second-order valence-corrected chi connectivity index (χ2v) is 10.2. The van der Waals surface area contributed by atoms with Crippen LogP contribution in [0.3, 0.4) is 0 Å². The number of nitrogens with zero attached hydrogens (tertiary/aromatic N) is 1. The minimum absolute atomic E-state index is 0.131. The Hall–Kier alpha value is -2.83. The molecule has 198 valence electrons. The first-order valence-electron chi connectivity index (χ1n) is 11.2. The number of esters is 1. The number of halogens is 1. The predicted octanol–water partition coefficient (Wildman–Crippen LogP) is 1.57. The molecular formula is C22H29FN3O9P. The summed E-state index contributed by atoms with van der Waals surface area (Å²) in [5.41, 5.74) is -1.43. The van der Waals surface area contributed by atoms with Gasteiger partial charge >= 0.3 is 19.4 Å². The molecule has 3 rings (SSSR count). The number of nitrogens with one attached hydrogen (secondary N) is 2. The molecule has 1 aliphatic heterocycles. The lowest BCUT2D eigenvalue weighted by atomic mass is 10.1. The van der Waals surface area contributed by atoms with Crippen LogP contribution in [0.25, 0.3) is 0 Å². The maximum Gasteiger partial charge on any atom is 0.459 e. The van der Waals surface area contributed by atoms with Crippen LogP contribution >= 0.6 is 7.75 Å². The molecule has 0 amide bonds. The molecule has 0 radical (unpaired) electrons. The smallest absolute Gasteiger partial charge is 0.459 e. The molecule has 1 aromatic carbocycles. The van der Waals surface area contributed by atoms with Gasteiger partial charge in [-0.2, -0.15) is 5.09 Å². The molecule has 12 nitrogen and oxygen atoms in total. The zero-order valence-corrected chi connectivity index (χ0v) is 21.0. The van der Waals surface area contributed by atoms with Crippen LogP contribution in [0.1, 0.15) is 32.6 Å². The number of aryl methyl sites for hydroxylation is 1. The molecule has 0 bridgehead atoms. The predicted molar refractivity (Wildman–Crippen MR) is 125 cm³/mol. The first-order valence-corrected chi connectivity index (χ1v) is 12.7. The van der Waals surface area contributed by atoms with Crippen molar-refractivity contribution in [1.82, 2.24) is 14.6 Å². The van der Waals surface area contributed by atoms with E-state index in [-0.39, 0.29) is 11.3 Å². The fourth-order valence-corrected chi connectivity index (χ4v) is 4.85. The highest BCUT2D eigenvalue weighted by Gasteiger charge is 2.47. The van der Waals surface area contributed by atoms with E-state index in [4.69, 9.17) is 18.5 Å². The molecule has 14 heteroatoms. The van der Waals surface area contributed by atoms with E-state index in [2.05, 4.69) is 5.09 Å². The van der Waals surface area contributed by atoms with E-state index in [0.717, 1.165) is 10.8 Å². The Balaban J connectivity index is 1.77. The second kappa shape index (κ2) is 11.5. The van der Waals surface area contributed by atoms with Crippen molar-refractivity contribution in [2.75, 3.05) is 6.61 Å². The standard InChI is InChI=1S/C22H29FN3O9P/c1-12(2)33-21(29)14(4)25-36(31,35-15-8-6-5-7-9-15)32-11-16-18(27)17(23)20(34-16)26-10-13(3)19(28)24-22(26)30/h5-10,12,14,16-18,20,27H,11H2,1-4H3,(H,25,31)(H,24,28,30)/t14-,16-,17+,18-,20-,36+/m0/s1. The van der Waals surface area contributed by atoms with Gasteiger partial charge < -0.3 is 19.1 Å². The third kappa shape index (κ3) is 6.68. The number of carbonyl (C=O) groups is 1. The molecule has 36 heavy (non-hydrogen) atoms. The minimum Gasteiger partial charge on any atom is -0.462 e.